The number of rotatable bonds is 5. The number of hydrogen-bond donors (Lipinski definition) is 2. The Morgan fingerprint density at radius 3 is 2.76 bits per heavy atom. The minimum absolute atomic E-state index is 0.325. The first-order valence-electron chi connectivity index (χ1n) is 6.42. The lowest BCUT2D eigenvalue weighted by molar-refractivity contribution is 0.0789. The third-order valence-electron chi connectivity index (χ3n) is 3.27. The molecule has 0 spiro atoms. The summed E-state index contributed by atoms with van der Waals surface area (Å²) in [5.41, 5.74) is 1.24. The van der Waals surface area contributed by atoms with E-state index >= 15 is 0 Å². The van der Waals surface area contributed by atoms with Crippen LogP contribution < -0.4 is 5.32 Å². The highest BCUT2D eigenvalue weighted by molar-refractivity contribution is 5.26. The van der Waals surface area contributed by atoms with Gasteiger partial charge in [-0.15, -0.1) is 0 Å². The molecule has 0 radical (unpaired) electrons. The van der Waals surface area contributed by atoms with Gasteiger partial charge in [0.15, 0.2) is 0 Å². The van der Waals surface area contributed by atoms with Crippen LogP contribution in [0.25, 0.3) is 0 Å². The zero-order valence-electron chi connectivity index (χ0n) is 10.4. The van der Waals surface area contributed by atoms with Crippen molar-refractivity contribution >= 4 is 0 Å². The molecule has 0 bridgehead atoms. The van der Waals surface area contributed by atoms with E-state index in [1.165, 1.54) is 12.0 Å². The first-order valence-corrected chi connectivity index (χ1v) is 6.42. The van der Waals surface area contributed by atoms with Gasteiger partial charge in [-0.2, -0.15) is 0 Å². The van der Waals surface area contributed by atoms with E-state index in [2.05, 4.69) is 12.2 Å². The van der Waals surface area contributed by atoms with E-state index in [1.54, 1.807) is 12.1 Å². The second-order valence-electron chi connectivity index (χ2n) is 4.59. The van der Waals surface area contributed by atoms with Crippen LogP contribution in [0, 0.1) is 0 Å². The fourth-order valence-electron chi connectivity index (χ4n) is 2.40. The van der Waals surface area contributed by atoms with E-state index in [0.29, 0.717) is 17.9 Å². The summed E-state index contributed by atoms with van der Waals surface area (Å²) in [4.78, 5) is 0. The van der Waals surface area contributed by atoms with E-state index < -0.39 is 0 Å². The SMILES string of the molecule is CCNC(Cc1ccc(O)cc1)C1CCCO1. The van der Waals surface area contributed by atoms with Crippen molar-refractivity contribution in [3.05, 3.63) is 29.8 Å². The lowest BCUT2D eigenvalue weighted by atomic mass is 9.99. The van der Waals surface area contributed by atoms with E-state index in [4.69, 9.17) is 4.74 Å². The number of likely N-dealkylation sites (N-methyl/N-ethyl adjacent to an activating group) is 1. The lowest BCUT2D eigenvalue weighted by Gasteiger charge is -2.23. The van der Waals surface area contributed by atoms with Crippen molar-refractivity contribution in [3.8, 4) is 5.75 Å². The monoisotopic (exact) mass is 235 g/mol. The fraction of sp³-hybridized carbons (Fsp3) is 0.571. The summed E-state index contributed by atoms with van der Waals surface area (Å²) < 4.78 is 5.75. The Kier molecular flexibility index (Phi) is 4.40. The number of ether oxygens (including phenoxy) is 1. The van der Waals surface area contributed by atoms with Crippen molar-refractivity contribution in [2.45, 2.75) is 38.3 Å². The van der Waals surface area contributed by atoms with Crippen molar-refractivity contribution in [2.75, 3.05) is 13.2 Å². The predicted molar refractivity (Wildman–Crippen MR) is 68.2 cm³/mol. The third kappa shape index (κ3) is 3.45. The number of phenolic OH excluding ortho intramolecular Hbond substituents is 1. The summed E-state index contributed by atoms with van der Waals surface area (Å²) in [7, 11) is 0. The average molecular weight is 235 g/mol. The van der Waals surface area contributed by atoms with E-state index in [9.17, 15) is 5.11 Å². The zero-order chi connectivity index (χ0) is 12.1. The van der Waals surface area contributed by atoms with Gasteiger partial charge in [-0.3, -0.25) is 0 Å². The molecular weight excluding hydrogens is 214 g/mol. The number of aromatic hydroxyl groups is 1. The van der Waals surface area contributed by atoms with Crippen LogP contribution in [0.2, 0.25) is 0 Å². The van der Waals surface area contributed by atoms with Crippen LogP contribution >= 0.6 is 0 Å². The average Bonchev–Trinajstić information content (AvgIpc) is 2.85. The van der Waals surface area contributed by atoms with Gasteiger partial charge in [-0.05, 0) is 43.5 Å². The molecule has 2 N–H and O–H groups in total. The molecule has 2 unspecified atom stereocenters. The van der Waals surface area contributed by atoms with Gasteiger partial charge in [0.1, 0.15) is 5.75 Å². The topological polar surface area (TPSA) is 41.5 Å². The van der Waals surface area contributed by atoms with E-state index in [-0.39, 0.29) is 0 Å². The van der Waals surface area contributed by atoms with Gasteiger partial charge in [0.2, 0.25) is 0 Å². The maximum absolute atomic E-state index is 9.27. The molecule has 94 valence electrons. The van der Waals surface area contributed by atoms with Crippen molar-refractivity contribution in [1.29, 1.82) is 0 Å². The molecule has 1 fully saturated rings. The summed E-state index contributed by atoms with van der Waals surface area (Å²) in [6.07, 6.45) is 3.61. The Morgan fingerprint density at radius 1 is 1.41 bits per heavy atom. The highest BCUT2D eigenvalue weighted by Gasteiger charge is 2.25. The Morgan fingerprint density at radius 2 is 2.18 bits per heavy atom. The molecule has 3 heteroatoms. The molecule has 1 aromatic carbocycles. The number of benzene rings is 1. The van der Waals surface area contributed by atoms with Crippen molar-refractivity contribution < 1.29 is 9.84 Å². The molecule has 0 aliphatic carbocycles. The van der Waals surface area contributed by atoms with Crippen LogP contribution in [0.15, 0.2) is 24.3 Å². The first kappa shape index (κ1) is 12.4. The molecule has 1 heterocycles. The molecular formula is C14H21NO2. The van der Waals surface area contributed by atoms with Crippen molar-refractivity contribution in [3.63, 3.8) is 0 Å². The van der Waals surface area contributed by atoms with E-state index in [1.807, 2.05) is 12.1 Å². The van der Waals surface area contributed by atoms with Crippen LogP contribution in [0.1, 0.15) is 25.3 Å². The van der Waals surface area contributed by atoms with Gasteiger partial charge in [-0.25, -0.2) is 0 Å². The molecule has 1 aromatic rings. The Bertz CT molecular complexity index is 331. The van der Waals surface area contributed by atoms with Gasteiger partial charge in [0.25, 0.3) is 0 Å². The van der Waals surface area contributed by atoms with Crippen LogP contribution in [0.4, 0.5) is 0 Å². The second kappa shape index (κ2) is 6.03. The van der Waals surface area contributed by atoms with Gasteiger partial charge < -0.3 is 15.2 Å². The van der Waals surface area contributed by atoms with Crippen LogP contribution in [0.5, 0.6) is 5.75 Å². The summed E-state index contributed by atoms with van der Waals surface area (Å²) in [5.74, 6) is 0.325. The van der Waals surface area contributed by atoms with E-state index in [0.717, 1.165) is 26.0 Å². The molecule has 1 saturated heterocycles. The summed E-state index contributed by atoms with van der Waals surface area (Å²) in [6, 6.07) is 7.83. The third-order valence-corrected chi connectivity index (χ3v) is 3.27. The second-order valence-corrected chi connectivity index (χ2v) is 4.59. The largest absolute Gasteiger partial charge is 0.508 e. The number of phenols is 1. The van der Waals surface area contributed by atoms with Gasteiger partial charge in [0, 0.05) is 12.6 Å². The maximum atomic E-state index is 9.27. The van der Waals surface area contributed by atoms with Crippen LogP contribution in [0.3, 0.4) is 0 Å². The molecule has 2 atom stereocenters. The normalized spacial score (nSPS) is 21.6. The quantitative estimate of drug-likeness (QED) is 0.821. The van der Waals surface area contributed by atoms with Gasteiger partial charge in [0.05, 0.1) is 6.10 Å². The Hall–Kier alpha value is -1.06. The molecule has 17 heavy (non-hydrogen) atoms. The fourth-order valence-corrected chi connectivity index (χ4v) is 2.40. The number of nitrogens with one attached hydrogen (secondary N) is 1. The molecule has 0 aromatic heterocycles. The Labute approximate surface area is 103 Å². The molecule has 1 aliphatic heterocycles. The summed E-state index contributed by atoms with van der Waals surface area (Å²) in [5, 5.41) is 12.8. The summed E-state index contributed by atoms with van der Waals surface area (Å²) >= 11 is 0. The van der Waals surface area contributed by atoms with Crippen molar-refractivity contribution in [2.24, 2.45) is 0 Å². The number of hydrogen-bond acceptors (Lipinski definition) is 3. The Balaban J connectivity index is 1.98. The van der Waals surface area contributed by atoms with Gasteiger partial charge in [-0.1, -0.05) is 19.1 Å². The molecule has 1 aliphatic rings. The molecule has 0 saturated carbocycles. The van der Waals surface area contributed by atoms with Crippen LogP contribution in [-0.2, 0) is 11.2 Å². The van der Waals surface area contributed by atoms with Crippen molar-refractivity contribution in [1.82, 2.24) is 5.32 Å². The maximum Gasteiger partial charge on any atom is 0.115 e. The smallest absolute Gasteiger partial charge is 0.115 e. The molecule has 2 rings (SSSR count). The van der Waals surface area contributed by atoms with Gasteiger partial charge >= 0.3 is 0 Å². The first-order chi connectivity index (χ1) is 8.29. The standard InChI is InChI=1S/C14H21NO2/c1-2-15-13(14-4-3-9-17-14)10-11-5-7-12(16)8-6-11/h5-8,13-16H,2-4,9-10H2,1H3. The molecule has 3 nitrogen and oxygen atoms in total. The highest BCUT2D eigenvalue weighted by atomic mass is 16.5. The minimum atomic E-state index is 0.325. The zero-order valence-corrected chi connectivity index (χ0v) is 10.4. The highest BCUT2D eigenvalue weighted by Crippen LogP contribution is 2.19. The predicted octanol–water partition coefficient (Wildman–Crippen LogP) is 2.09. The molecule has 0 amide bonds. The van der Waals surface area contributed by atoms with Crippen LogP contribution in [-0.4, -0.2) is 30.4 Å². The summed E-state index contributed by atoms with van der Waals surface area (Å²) in [6.45, 7) is 3.98. The lowest BCUT2D eigenvalue weighted by Crippen LogP contribution is -2.41. The minimum Gasteiger partial charge on any atom is -0.508 e.